The van der Waals surface area contributed by atoms with Crippen molar-refractivity contribution < 1.29 is 17.6 Å². The molecule has 1 aromatic heterocycles. The lowest BCUT2D eigenvalue weighted by molar-refractivity contribution is 0.414. The van der Waals surface area contributed by atoms with Gasteiger partial charge in [0.2, 0.25) is 0 Å². The number of anilines is 1. The molecule has 0 aliphatic heterocycles. The average molecular weight is 441 g/mol. The SMILES string of the molecule is COc1ccc(S(=O)(=O)N=C(Nc2ccc3oc(=O)sc3c2)c2ccccc2)cc1. The minimum atomic E-state index is -3.99. The third-order valence-corrected chi connectivity index (χ3v) is 6.29. The lowest BCUT2D eigenvalue weighted by atomic mass is 10.2. The number of rotatable bonds is 5. The van der Waals surface area contributed by atoms with Gasteiger partial charge in [0.25, 0.3) is 10.0 Å². The van der Waals surface area contributed by atoms with Crippen molar-refractivity contribution in [1.82, 2.24) is 0 Å². The van der Waals surface area contributed by atoms with Gasteiger partial charge in [0.05, 0.1) is 16.7 Å². The highest BCUT2D eigenvalue weighted by Crippen LogP contribution is 2.23. The second kappa shape index (κ2) is 8.13. The smallest absolute Gasteiger partial charge is 0.396 e. The summed E-state index contributed by atoms with van der Waals surface area (Å²) in [4.78, 5) is 11.1. The first kappa shape index (κ1) is 19.9. The fourth-order valence-corrected chi connectivity index (χ4v) is 4.44. The topological polar surface area (TPSA) is 98.0 Å². The van der Waals surface area contributed by atoms with E-state index in [9.17, 15) is 13.2 Å². The Balaban J connectivity index is 1.75. The Hall–Kier alpha value is -3.43. The van der Waals surface area contributed by atoms with Crippen LogP contribution in [0.2, 0.25) is 0 Å². The van der Waals surface area contributed by atoms with Crippen molar-refractivity contribution in [3.8, 4) is 5.75 Å². The number of fused-ring (bicyclic) bond motifs is 1. The van der Waals surface area contributed by atoms with Crippen LogP contribution in [0.1, 0.15) is 5.56 Å². The Labute approximate surface area is 176 Å². The van der Waals surface area contributed by atoms with Gasteiger partial charge in [0.1, 0.15) is 11.3 Å². The third-order valence-electron chi connectivity index (χ3n) is 4.21. The van der Waals surface area contributed by atoms with Gasteiger partial charge in [0, 0.05) is 11.3 Å². The number of nitrogens with zero attached hydrogens (tertiary/aromatic N) is 1. The highest BCUT2D eigenvalue weighted by molar-refractivity contribution is 7.90. The highest BCUT2D eigenvalue weighted by atomic mass is 32.2. The second-order valence-corrected chi connectivity index (χ2v) is 8.78. The lowest BCUT2D eigenvalue weighted by Gasteiger charge is -2.11. The number of methoxy groups -OCH3 is 1. The molecule has 0 saturated heterocycles. The van der Waals surface area contributed by atoms with Crippen molar-refractivity contribution in [3.63, 3.8) is 0 Å². The Morgan fingerprint density at radius 2 is 1.77 bits per heavy atom. The molecule has 0 radical (unpaired) electrons. The molecule has 1 heterocycles. The summed E-state index contributed by atoms with van der Waals surface area (Å²) in [5, 5.41) is 3.05. The molecule has 1 N–H and O–H groups in total. The molecular formula is C21H16N2O5S2. The molecule has 7 nitrogen and oxygen atoms in total. The molecule has 152 valence electrons. The van der Waals surface area contributed by atoms with Crippen molar-refractivity contribution in [3.05, 3.63) is 88.1 Å². The fraction of sp³-hybridized carbons (Fsp3) is 0.0476. The van der Waals surface area contributed by atoms with E-state index in [0.717, 1.165) is 11.3 Å². The Morgan fingerprint density at radius 3 is 2.47 bits per heavy atom. The van der Waals surface area contributed by atoms with Crippen molar-refractivity contribution in [2.24, 2.45) is 4.40 Å². The summed E-state index contributed by atoms with van der Waals surface area (Å²) in [6, 6.07) is 20.0. The molecule has 0 spiro atoms. The van der Waals surface area contributed by atoms with Crippen LogP contribution in [0.3, 0.4) is 0 Å². The number of hydrogen-bond acceptors (Lipinski definition) is 6. The van der Waals surface area contributed by atoms with E-state index in [1.54, 1.807) is 54.6 Å². The molecule has 0 unspecified atom stereocenters. The molecule has 4 rings (SSSR count). The van der Waals surface area contributed by atoms with E-state index in [4.69, 9.17) is 9.15 Å². The first-order valence-electron chi connectivity index (χ1n) is 8.80. The zero-order valence-electron chi connectivity index (χ0n) is 15.7. The summed E-state index contributed by atoms with van der Waals surface area (Å²) >= 11 is 0.970. The summed E-state index contributed by atoms with van der Waals surface area (Å²) in [7, 11) is -2.48. The molecule has 9 heteroatoms. The van der Waals surface area contributed by atoms with Crippen molar-refractivity contribution in [2.45, 2.75) is 4.90 Å². The molecule has 0 amide bonds. The number of hydrogen-bond donors (Lipinski definition) is 1. The normalized spacial score (nSPS) is 12.1. The molecule has 0 aliphatic rings. The van der Waals surface area contributed by atoms with Crippen molar-refractivity contribution in [1.29, 1.82) is 0 Å². The van der Waals surface area contributed by atoms with Gasteiger partial charge in [-0.3, -0.25) is 0 Å². The summed E-state index contributed by atoms with van der Waals surface area (Å²) in [5.74, 6) is 0.702. The molecule has 4 aromatic rings. The van der Waals surface area contributed by atoms with Crippen LogP contribution >= 0.6 is 11.3 Å². The van der Waals surface area contributed by atoms with E-state index in [2.05, 4.69) is 9.71 Å². The number of ether oxygens (including phenoxy) is 1. The largest absolute Gasteiger partial charge is 0.497 e. The summed E-state index contributed by atoms with van der Waals surface area (Å²) in [6.45, 7) is 0. The van der Waals surface area contributed by atoms with E-state index < -0.39 is 15.0 Å². The van der Waals surface area contributed by atoms with E-state index in [1.807, 2.05) is 6.07 Å². The van der Waals surface area contributed by atoms with Crippen LogP contribution in [0.4, 0.5) is 5.69 Å². The number of sulfonamides is 1. The van der Waals surface area contributed by atoms with Crippen LogP contribution in [-0.4, -0.2) is 21.4 Å². The van der Waals surface area contributed by atoms with Gasteiger partial charge >= 0.3 is 4.94 Å². The number of nitrogens with one attached hydrogen (secondary N) is 1. The van der Waals surface area contributed by atoms with Gasteiger partial charge < -0.3 is 14.5 Å². The fourth-order valence-electron chi connectivity index (χ4n) is 2.75. The molecule has 30 heavy (non-hydrogen) atoms. The molecule has 0 fully saturated rings. The van der Waals surface area contributed by atoms with Crippen molar-refractivity contribution >= 4 is 43.2 Å². The summed E-state index contributed by atoms with van der Waals surface area (Å²) in [6.07, 6.45) is 0. The molecule has 0 saturated carbocycles. The predicted molar refractivity (Wildman–Crippen MR) is 117 cm³/mol. The zero-order chi connectivity index (χ0) is 21.1. The maximum atomic E-state index is 12.9. The molecule has 0 aliphatic carbocycles. The summed E-state index contributed by atoms with van der Waals surface area (Å²) < 4.78 is 40.6. The van der Waals surface area contributed by atoms with E-state index in [0.29, 0.717) is 27.3 Å². The number of amidine groups is 1. The van der Waals surface area contributed by atoms with Gasteiger partial charge in [-0.25, -0.2) is 4.79 Å². The minimum absolute atomic E-state index is 0.0436. The van der Waals surface area contributed by atoms with E-state index >= 15 is 0 Å². The Kier molecular flexibility index (Phi) is 5.39. The monoisotopic (exact) mass is 440 g/mol. The Bertz CT molecular complexity index is 1370. The average Bonchev–Trinajstić information content (AvgIpc) is 3.13. The quantitative estimate of drug-likeness (QED) is 0.370. The van der Waals surface area contributed by atoms with Gasteiger partial charge in [-0.2, -0.15) is 8.42 Å². The van der Waals surface area contributed by atoms with Crippen molar-refractivity contribution in [2.75, 3.05) is 12.4 Å². The molecule has 0 bridgehead atoms. The number of benzene rings is 3. The second-order valence-electron chi connectivity index (χ2n) is 6.20. The van der Waals surface area contributed by atoms with Crippen LogP contribution in [0.5, 0.6) is 5.75 Å². The van der Waals surface area contributed by atoms with Gasteiger partial charge in [-0.1, -0.05) is 41.7 Å². The standard InChI is InChI=1S/C21H16N2O5S2/c1-27-16-8-10-17(11-9-16)30(25,26)23-20(14-5-3-2-4-6-14)22-15-7-12-18-19(13-15)29-21(24)28-18/h2-13H,1H3,(H,22,23). The van der Waals surface area contributed by atoms with Crippen LogP contribution in [0.25, 0.3) is 10.3 Å². The van der Waals surface area contributed by atoms with Gasteiger partial charge in [0.15, 0.2) is 5.84 Å². The lowest BCUT2D eigenvalue weighted by Crippen LogP contribution is -2.16. The molecule has 3 aromatic carbocycles. The third kappa shape index (κ3) is 4.27. The first-order valence-corrected chi connectivity index (χ1v) is 11.1. The predicted octanol–water partition coefficient (Wildman–Crippen LogP) is 4.11. The Morgan fingerprint density at radius 1 is 1.03 bits per heavy atom. The van der Waals surface area contributed by atoms with Crippen LogP contribution in [0.15, 0.2) is 91.3 Å². The van der Waals surface area contributed by atoms with E-state index in [1.165, 1.54) is 19.2 Å². The van der Waals surface area contributed by atoms with Crippen LogP contribution in [0, 0.1) is 0 Å². The van der Waals surface area contributed by atoms with Gasteiger partial charge in [-0.15, -0.1) is 4.40 Å². The van der Waals surface area contributed by atoms with Gasteiger partial charge in [-0.05, 0) is 42.5 Å². The molecule has 0 atom stereocenters. The van der Waals surface area contributed by atoms with E-state index in [-0.39, 0.29) is 10.7 Å². The minimum Gasteiger partial charge on any atom is -0.497 e. The van der Waals surface area contributed by atoms with Crippen LogP contribution in [-0.2, 0) is 10.0 Å². The zero-order valence-corrected chi connectivity index (χ0v) is 17.4. The highest BCUT2D eigenvalue weighted by Gasteiger charge is 2.16. The maximum Gasteiger partial charge on any atom is 0.396 e. The maximum absolute atomic E-state index is 12.9. The molecular weight excluding hydrogens is 424 g/mol. The summed E-state index contributed by atoms with van der Waals surface area (Å²) in [5.41, 5.74) is 1.64. The first-order chi connectivity index (χ1) is 14.4. The van der Waals surface area contributed by atoms with Crippen LogP contribution < -0.4 is 15.0 Å².